The van der Waals surface area contributed by atoms with Crippen LogP contribution in [-0.2, 0) is 0 Å². The van der Waals surface area contributed by atoms with Crippen LogP contribution in [0.15, 0.2) is 18.2 Å². The summed E-state index contributed by atoms with van der Waals surface area (Å²) in [6.45, 7) is 3.21. The van der Waals surface area contributed by atoms with Gasteiger partial charge in [0.15, 0.2) is 0 Å². The molecule has 2 rings (SSSR count). The lowest BCUT2D eigenvalue weighted by atomic mass is 10.0. The maximum absolute atomic E-state index is 12.2. The summed E-state index contributed by atoms with van der Waals surface area (Å²) in [5, 5.41) is 0. The molecule has 118 valence electrons. The number of alkyl halides is 3. The van der Waals surface area contributed by atoms with E-state index in [0.717, 1.165) is 37.2 Å². The van der Waals surface area contributed by atoms with E-state index >= 15 is 0 Å². The monoisotopic (exact) mass is 302 g/mol. The zero-order valence-corrected chi connectivity index (χ0v) is 12.1. The third-order valence-electron chi connectivity index (χ3n) is 3.64. The van der Waals surface area contributed by atoms with E-state index in [4.69, 9.17) is 10.5 Å². The molecule has 2 N–H and O–H groups in total. The minimum Gasteiger partial charge on any atom is -0.491 e. The zero-order valence-electron chi connectivity index (χ0n) is 12.1. The molecule has 1 saturated heterocycles. The van der Waals surface area contributed by atoms with Crippen molar-refractivity contribution in [3.63, 3.8) is 0 Å². The van der Waals surface area contributed by atoms with Gasteiger partial charge in [-0.3, -0.25) is 0 Å². The highest BCUT2D eigenvalue weighted by molar-refractivity contribution is 5.60. The van der Waals surface area contributed by atoms with Crippen molar-refractivity contribution in [3.8, 4) is 5.75 Å². The van der Waals surface area contributed by atoms with Gasteiger partial charge in [-0.25, -0.2) is 0 Å². The number of nitrogens with two attached hydrogens (primary N) is 1. The van der Waals surface area contributed by atoms with Crippen LogP contribution in [0.1, 0.15) is 24.8 Å². The maximum atomic E-state index is 12.2. The number of halogens is 3. The lowest BCUT2D eigenvalue weighted by Gasteiger charge is -2.33. The molecule has 1 aliphatic rings. The predicted octanol–water partition coefficient (Wildman–Crippen LogP) is 3.25. The Morgan fingerprint density at radius 1 is 1.29 bits per heavy atom. The van der Waals surface area contributed by atoms with Gasteiger partial charge in [0.05, 0.1) is 18.7 Å². The summed E-state index contributed by atoms with van der Waals surface area (Å²) >= 11 is 0. The Bertz CT molecular complexity index is 468. The molecule has 0 spiro atoms. The Kier molecular flexibility index (Phi) is 4.98. The highest BCUT2D eigenvalue weighted by Gasteiger charge is 2.27. The second-order valence-corrected chi connectivity index (χ2v) is 5.51. The molecule has 3 nitrogen and oxygen atoms in total. The largest absolute Gasteiger partial charge is 0.491 e. The van der Waals surface area contributed by atoms with Crippen LogP contribution in [0.5, 0.6) is 5.75 Å². The van der Waals surface area contributed by atoms with Gasteiger partial charge in [-0.2, -0.15) is 13.2 Å². The Labute approximate surface area is 122 Å². The Morgan fingerprint density at radius 3 is 2.57 bits per heavy atom. The van der Waals surface area contributed by atoms with Crippen molar-refractivity contribution < 1.29 is 17.9 Å². The number of nitrogens with zero attached hydrogens (tertiary/aromatic N) is 1. The van der Waals surface area contributed by atoms with E-state index in [-0.39, 0.29) is 12.6 Å². The molecule has 0 aromatic heterocycles. The van der Waals surface area contributed by atoms with Gasteiger partial charge in [0, 0.05) is 19.1 Å². The minimum absolute atomic E-state index is 0.209. The molecule has 1 heterocycles. The molecule has 1 aromatic carbocycles. The van der Waals surface area contributed by atoms with Gasteiger partial charge < -0.3 is 15.4 Å². The Balaban J connectivity index is 2.06. The van der Waals surface area contributed by atoms with Gasteiger partial charge in [-0.05, 0) is 37.5 Å². The molecule has 1 aromatic rings. The van der Waals surface area contributed by atoms with Gasteiger partial charge in [-0.15, -0.1) is 0 Å². The molecular formula is C15H21F3N2O. The minimum atomic E-state index is -4.19. The van der Waals surface area contributed by atoms with Crippen LogP contribution in [0.2, 0.25) is 0 Å². The Hall–Kier alpha value is -1.43. The molecule has 1 fully saturated rings. The highest BCUT2D eigenvalue weighted by atomic mass is 19.4. The number of aryl methyl sites for hydroxylation is 1. The lowest BCUT2D eigenvalue weighted by Crippen LogP contribution is -2.39. The smallest absolute Gasteiger partial charge is 0.392 e. The second-order valence-electron chi connectivity index (χ2n) is 5.51. The van der Waals surface area contributed by atoms with Crippen molar-refractivity contribution in [3.05, 3.63) is 23.8 Å². The molecule has 0 atom stereocenters. The number of ether oxygens (including phenoxy) is 1. The SMILES string of the molecule is Cc1ccc(OCCC(F)(F)F)c(N2CCC(N)CC2)c1. The molecule has 21 heavy (non-hydrogen) atoms. The van der Waals surface area contributed by atoms with Crippen LogP contribution < -0.4 is 15.4 Å². The van der Waals surface area contributed by atoms with Gasteiger partial charge in [0.1, 0.15) is 5.75 Å². The van der Waals surface area contributed by atoms with Crippen LogP contribution in [0, 0.1) is 6.92 Å². The first-order valence-corrected chi connectivity index (χ1v) is 7.16. The molecule has 0 radical (unpaired) electrons. The molecule has 1 aliphatic heterocycles. The van der Waals surface area contributed by atoms with Crippen molar-refractivity contribution in [2.45, 2.75) is 38.4 Å². The van der Waals surface area contributed by atoms with Crippen LogP contribution in [-0.4, -0.2) is 31.9 Å². The summed E-state index contributed by atoms with van der Waals surface area (Å²) in [4.78, 5) is 2.14. The van der Waals surface area contributed by atoms with Gasteiger partial charge in [0.2, 0.25) is 0 Å². The predicted molar refractivity (Wildman–Crippen MR) is 76.8 cm³/mol. The second kappa shape index (κ2) is 6.56. The summed E-state index contributed by atoms with van der Waals surface area (Å²) in [5.74, 6) is 0.514. The van der Waals surface area contributed by atoms with E-state index in [1.54, 1.807) is 6.07 Å². The molecule has 0 unspecified atom stereocenters. The third kappa shape index (κ3) is 4.81. The summed E-state index contributed by atoms with van der Waals surface area (Å²) in [7, 11) is 0. The van der Waals surface area contributed by atoms with Crippen LogP contribution in [0.25, 0.3) is 0 Å². The standard InChI is InChI=1S/C15H21F3N2O/c1-11-2-3-14(21-9-6-15(16,17)18)13(10-11)20-7-4-12(19)5-8-20/h2-3,10,12H,4-9,19H2,1H3. The number of hydrogen-bond acceptors (Lipinski definition) is 3. The van der Waals surface area contributed by atoms with Gasteiger partial charge >= 0.3 is 6.18 Å². The van der Waals surface area contributed by atoms with E-state index in [1.807, 2.05) is 19.1 Å². The summed E-state index contributed by atoms with van der Waals surface area (Å²) in [6, 6.07) is 5.76. The molecule has 0 bridgehead atoms. The van der Waals surface area contributed by atoms with Gasteiger partial charge in [0.25, 0.3) is 0 Å². The van der Waals surface area contributed by atoms with E-state index in [9.17, 15) is 13.2 Å². The van der Waals surface area contributed by atoms with E-state index < -0.39 is 12.6 Å². The first-order valence-electron chi connectivity index (χ1n) is 7.16. The molecule has 0 aliphatic carbocycles. The van der Waals surface area contributed by atoms with Crippen LogP contribution in [0.4, 0.5) is 18.9 Å². The first-order chi connectivity index (χ1) is 9.85. The quantitative estimate of drug-likeness (QED) is 0.928. The summed E-state index contributed by atoms with van der Waals surface area (Å²) in [5.41, 5.74) is 7.81. The van der Waals surface area contributed by atoms with Crippen LogP contribution in [0.3, 0.4) is 0 Å². The fraction of sp³-hybridized carbons (Fsp3) is 0.600. The van der Waals surface area contributed by atoms with Crippen LogP contribution >= 0.6 is 0 Å². The highest BCUT2D eigenvalue weighted by Crippen LogP contribution is 2.32. The van der Waals surface area contributed by atoms with Crippen molar-refractivity contribution in [2.24, 2.45) is 5.73 Å². The number of benzene rings is 1. The fourth-order valence-electron chi connectivity index (χ4n) is 2.41. The third-order valence-corrected chi connectivity index (χ3v) is 3.64. The molecule has 0 amide bonds. The topological polar surface area (TPSA) is 38.5 Å². The molecule has 0 saturated carbocycles. The summed E-state index contributed by atoms with van der Waals surface area (Å²) < 4.78 is 42.0. The van der Waals surface area contributed by atoms with Crippen molar-refractivity contribution in [1.29, 1.82) is 0 Å². The zero-order chi connectivity index (χ0) is 15.5. The number of piperidine rings is 1. The molecule has 6 heteroatoms. The van der Waals surface area contributed by atoms with E-state index in [2.05, 4.69) is 4.90 Å². The van der Waals surface area contributed by atoms with Gasteiger partial charge in [-0.1, -0.05) is 6.07 Å². The average Bonchev–Trinajstić information content (AvgIpc) is 2.40. The fourth-order valence-corrected chi connectivity index (χ4v) is 2.41. The number of anilines is 1. The average molecular weight is 302 g/mol. The number of hydrogen-bond donors (Lipinski definition) is 1. The van der Waals surface area contributed by atoms with Crippen molar-refractivity contribution in [2.75, 3.05) is 24.6 Å². The Morgan fingerprint density at radius 2 is 1.95 bits per heavy atom. The van der Waals surface area contributed by atoms with Crippen molar-refractivity contribution in [1.82, 2.24) is 0 Å². The maximum Gasteiger partial charge on any atom is 0.392 e. The van der Waals surface area contributed by atoms with E-state index in [1.165, 1.54) is 0 Å². The summed E-state index contributed by atoms with van der Waals surface area (Å²) in [6.07, 6.45) is -3.36. The number of rotatable bonds is 4. The normalized spacial score (nSPS) is 17.1. The lowest BCUT2D eigenvalue weighted by molar-refractivity contribution is -0.139. The van der Waals surface area contributed by atoms with E-state index in [0.29, 0.717) is 5.75 Å². The first kappa shape index (κ1) is 15.9. The molecular weight excluding hydrogens is 281 g/mol. The van der Waals surface area contributed by atoms with Crippen molar-refractivity contribution >= 4 is 5.69 Å².